The molecule has 1 aromatic heterocycles. The maximum absolute atomic E-state index is 12.8. The number of sulfonamides is 1. The van der Waals surface area contributed by atoms with Gasteiger partial charge in [-0.1, -0.05) is 43.6 Å². The van der Waals surface area contributed by atoms with E-state index in [9.17, 15) is 18.0 Å². The molecular weight excluding hydrogens is 466 g/mol. The second-order valence-electron chi connectivity index (χ2n) is 7.82. The smallest absolute Gasteiger partial charge is 0.339 e. The predicted molar refractivity (Wildman–Crippen MR) is 127 cm³/mol. The molecule has 1 heterocycles. The van der Waals surface area contributed by atoms with Crippen LogP contribution in [0.2, 0.25) is 5.02 Å². The first-order chi connectivity index (χ1) is 15.5. The molecule has 0 atom stereocenters. The number of rotatable bonds is 7. The van der Waals surface area contributed by atoms with Crippen molar-refractivity contribution in [1.82, 2.24) is 9.29 Å². The first-order valence-electron chi connectivity index (χ1n) is 10.1. The number of esters is 1. The zero-order valence-corrected chi connectivity index (χ0v) is 20.2. The number of aromatic nitrogens is 1. The maximum atomic E-state index is 12.8. The maximum Gasteiger partial charge on any atom is 0.339 e. The van der Waals surface area contributed by atoms with Crippen molar-refractivity contribution in [3.63, 3.8) is 0 Å². The Hall–Kier alpha value is -3.01. The Morgan fingerprint density at radius 2 is 1.82 bits per heavy atom. The molecule has 0 aliphatic heterocycles. The van der Waals surface area contributed by atoms with Gasteiger partial charge < -0.3 is 10.1 Å². The minimum absolute atomic E-state index is 0.0265. The first-order valence-corrected chi connectivity index (χ1v) is 11.9. The molecule has 0 saturated carbocycles. The summed E-state index contributed by atoms with van der Waals surface area (Å²) in [5.74, 6) is -1.18. The number of benzene rings is 2. The third kappa shape index (κ3) is 5.50. The van der Waals surface area contributed by atoms with Gasteiger partial charge in [-0.2, -0.15) is 0 Å². The van der Waals surface area contributed by atoms with E-state index in [1.807, 2.05) is 26.0 Å². The van der Waals surface area contributed by atoms with Crippen LogP contribution in [0.5, 0.6) is 0 Å². The van der Waals surface area contributed by atoms with Crippen molar-refractivity contribution in [3.8, 4) is 0 Å². The summed E-state index contributed by atoms with van der Waals surface area (Å²) in [6.45, 7) is 3.39. The third-order valence-electron chi connectivity index (χ3n) is 4.86. The highest BCUT2D eigenvalue weighted by Crippen LogP contribution is 2.27. The lowest BCUT2D eigenvalue weighted by molar-refractivity contribution is -0.119. The molecule has 8 nitrogen and oxygen atoms in total. The Morgan fingerprint density at radius 3 is 2.48 bits per heavy atom. The molecule has 2 aromatic carbocycles. The molecule has 33 heavy (non-hydrogen) atoms. The van der Waals surface area contributed by atoms with Crippen molar-refractivity contribution in [1.29, 1.82) is 0 Å². The molecule has 1 amide bonds. The van der Waals surface area contributed by atoms with Crippen molar-refractivity contribution in [2.24, 2.45) is 0 Å². The van der Waals surface area contributed by atoms with Crippen LogP contribution >= 0.6 is 11.6 Å². The zero-order valence-electron chi connectivity index (χ0n) is 18.6. The summed E-state index contributed by atoms with van der Waals surface area (Å²) in [6, 6.07) is 13.0. The quantitative estimate of drug-likeness (QED) is 0.502. The highest BCUT2D eigenvalue weighted by molar-refractivity contribution is 7.89. The van der Waals surface area contributed by atoms with Gasteiger partial charge in [-0.15, -0.1) is 0 Å². The Balaban J connectivity index is 1.76. The summed E-state index contributed by atoms with van der Waals surface area (Å²) < 4.78 is 31.1. The molecule has 0 fully saturated rings. The van der Waals surface area contributed by atoms with Crippen molar-refractivity contribution in [2.75, 3.05) is 26.0 Å². The topological polar surface area (TPSA) is 106 Å². The fourth-order valence-corrected chi connectivity index (χ4v) is 4.44. The van der Waals surface area contributed by atoms with E-state index in [1.54, 1.807) is 18.2 Å². The van der Waals surface area contributed by atoms with Gasteiger partial charge in [0.1, 0.15) is 4.90 Å². The van der Waals surface area contributed by atoms with Gasteiger partial charge in [0.05, 0.1) is 16.1 Å². The van der Waals surface area contributed by atoms with Gasteiger partial charge in [0.25, 0.3) is 5.91 Å². The van der Waals surface area contributed by atoms with Crippen LogP contribution in [0.1, 0.15) is 35.8 Å². The summed E-state index contributed by atoms with van der Waals surface area (Å²) in [4.78, 5) is 29.6. The van der Waals surface area contributed by atoms with E-state index in [1.165, 1.54) is 32.3 Å². The normalized spacial score (nSPS) is 11.7. The number of carbonyl (C=O) groups is 2. The molecule has 0 unspecified atom stereocenters. The van der Waals surface area contributed by atoms with Gasteiger partial charge >= 0.3 is 5.97 Å². The average molecular weight is 490 g/mol. The minimum Gasteiger partial charge on any atom is -0.452 e. The number of halogens is 1. The number of nitrogens with zero attached hydrogens (tertiary/aromatic N) is 2. The number of hydrogen-bond donors (Lipinski definition) is 1. The molecule has 0 saturated heterocycles. The lowest BCUT2D eigenvalue weighted by Gasteiger charge is -2.14. The number of anilines is 1. The Morgan fingerprint density at radius 1 is 1.12 bits per heavy atom. The Kier molecular flexibility index (Phi) is 7.36. The van der Waals surface area contributed by atoms with Gasteiger partial charge in [0.15, 0.2) is 6.61 Å². The zero-order chi connectivity index (χ0) is 24.3. The lowest BCUT2D eigenvalue weighted by atomic mass is 10.0. The van der Waals surface area contributed by atoms with E-state index >= 15 is 0 Å². The van der Waals surface area contributed by atoms with Gasteiger partial charge in [-0.3, -0.25) is 9.78 Å². The SMILES string of the molecule is CC(C)c1cc(C(=O)OCC(=O)Nc2ccc(Cl)c(S(=O)(=O)N(C)C)c2)c2ccccc2n1. The molecular formula is C23H24ClN3O5S. The number of carbonyl (C=O) groups excluding carboxylic acids is 2. The van der Waals surface area contributed by atoms with Gasteiger partial charge in [-0.05, 0) is 36.2 Å². The van der Waals surface area contributed by atoms with Crippen LogP contribution in [0.3, 0.4) is 0 Å². The fraction of sp³-hybridized carbons (Fsp3) is 0.261. The fourth-order valence-electron chi connectivity index (χ4n) is 3.04. The number of nitrogens with one attached hydrogen (secondary N) is 1. The molecule has 0 aliphatic carbocycles. The molecule has 0 aliphatic rings. The monoisotopic (exact) mass is 489 g/mol. The van der Waals surface area contributed by atoms with Gasteiger partial charge in [-0.25, -0.2) is 17.5 Å². The molecule has 10 heteroatoms. The average Bonchev–Trinajstić information content (AvgIpc) is 2.77. The molecule has 1 N–H and O–H groups in total. The van der Waals surface area contributed by atoms with Crippen LogP contribution in [0.25, 0.3) is 10.9 Å². The van der Waals surface area contributed by atoms with E-state index < -0.39 is 28.5 Å². The highest BCUT2D eigenvalue weighted by atomic mass is 35.5. The standard InChI is InChI=1S/C23H24ClN3O5S/c1-14(2)20-12-17(16-7-5-6-8-19(16)26-20)23(29)32-13-22(28)25-15-9-10-18(24)21(11-15)33(30,31)27(3)4/h5-12,14H,13H2,1-4H3,(H,25,28). The number of pyridine rings is 1. The van der Waals surface area contributed by atoms with E-state index in [-0.39, 0.29) is 21.5 Å². The molecule has 3 aromatic rings. The first kappa shape index (κ1) is 24.6. The molecule has 0 spiro atoms. The van der Waals surface area contributed by atoms with Crippen molar-refractivity contribution in [3.05, 3.63) is 64.8 Å². The van der Waals surface area contributed by atoms with Gasteiger partial charge in [0, 0.05) is 30.9 Å². The number of fused-ring (bicyclic) bond motifs is 1. The summed E-state index contributed by atoms with van der Waals surface area (Å²) in [7, 11) is -1.04. The second-order valence-corrected chi connectivity index (χ2v) is 10.4. The van der Waals surface area contributed by atoms with Crippen LogP contribution in [-0.2, 0) is 19.6 Å². The third-order valence-corrected chi connectivity index (χ3v) is 7.15. The number of para-hydroxylation sites is 1. The number of ether oxygens (including phenoxy) is 1. The molecule has 0 bridgehead atoms. The summed E-state index contributed by atoms with van der Waals surface area (Å²) in [6.07, 6.45) is 0. The van der Waals surface area contributed by atoms with E-state index in [4.69, 9.17) is 16.3 Å². The van der Waals surface area contributed by atoms with Crippen molar-refractivity contribution in [2.45, 2.75) is 24.7 Å². The predicted octanol–water partition coefficient (Wildman–Crippen LogP) is 4.06. The van der Waals surface area contributed by atoms with Crippen LogP contribution in [0.15, 0.2) is 53.4 Å². The van der Waals surface area contributed by atoms with E-state index in [0.717, 1.165) is 10.00 Å². The summed E-state index contributed by atoms with van der Waals surface area (Å²) in [5.41, 5.74) is 1.93. The van der Waals surface area contributed by atoms with E-state index in [2.05, 4.69) is 10.3 Å². The van der Waals surface area contributed by atoms with Crippen LogP contribution in [0, 0.1) is 0 Å². The number of hydrogen-bond acceptors (Lipinski definition) is 6. The Labute approximate surface area is 197 Å². The highest BCUT2D eigenvalue weighted by Gasteiger charge is 2.22. The van der Waals surface area contributed by atoms with Crippen LogP contribution in [-0.4, -0.2) is 50.3 Å². The Bertz CT molecular complexity index is 1320. The second kappa shape index (κ2) is 9.86. The van der Waals surface area contributed by atoms with Crippen molar-refractivity contribution >= 4 is 50.1 Å². The minimum atomic E-state index is -3.80. The van der Waals surface area contributed by atoms with Crippen LogP contribution < -0.4 is 5.32 Å². The largest absolute Gasteiger partial charge is 0.452 e. The lowest BCUT2D eigenvalue weighted by Crippen LogP contribution is -2.23. The van der Waals surface area contributed by atoms with Crippen LogP contribution in [0.4, 0.5) is 5.69 Å². The number of amides is 1. The summed E-state index contributed by atoms with van der Waals surface area (Å²) in [5, 5.41) is 3.18. The van der Waals surface area contributed by atoms with Crippen molar-refractivity contribution < 1.29 is 22.7 Å². The van der Waals surface area contributed by atoms with Gasteiger partial charge in [0.2, 0.25) is 10.0 Å². The molecule has 174 valence electrons. The molecule has 3 rings (SSSR count). The van der Waals surface area contributed by atoms with E-state index in [0.29, 0.717) is 16.5 Å². The summed E-state index contributed by atoms with van der Waals surface area (Å²) >= 11 is 6.02. The molecule has 0 radical (unpaired) electrons.